The van der Waals surface area contributed by atoms with Crippen molar-refractivity contribution in [1.82, 2.24) is 9.78 Å². The van der Waals surface area contributed by atoms with Crippen LogP contribution in [0.3, 0.4) is 0 Å². The summed E-state index contributed by atoms with van der Waals surface area (Å²) in [5.74, 6) is -0.631. The zero-order valence-electron chi connectivity index (χ0n) is 13.8. The van der Waals surface area contributed by atoms with E-state index in [0.717, 1.165) is 6.92 Å². The first-order chi connectivity index (χ1) is 12.0. The van der Waals surface area contributed by atoms with Crippen molar-refractivity contribution in [1.29, 1.82) is 5.26 Å². The lowest BCUT2D eigenvalue weighted by molar-refractivity contribution is -0.0940. The maximum atomic E-state index is 12.8. The Hall–Kier alpha value is -1.51. The van der Waals surface area contributed by atoms with Crippen LogP contribution in [0.2, 0.25) is 0 Å². The Kier molecular flexibility index (Phi) is 6.84. The fourth-order valence-corrected chi connectivity index (χ4v) is 3.51. The molecule has 4 nitrogen and oxygen atoms in total. The Labute approximate surface area is 164 Å². The lowest BCUT2D eigenvalue weighted by Crippen LogP contribution is -2.28. The summed E-state index contributed by atoms with van der Waals surface area (Å²) in [6.45, 7) is 5.31. The standard InChI is InChI=1S/C14H12Cl2F6N4S/c1-6(13(17,18)19)4-12(3,16)10(7(2)15)26-11(24)9(8(5-23)25-26)27-14(20,21)22/h1,4,24H2,2-3H3/b10-7-. The molecule has 27 heavy (non-hydrogen) atoms. The van der Waals surface area contributed by atoms with Gasteiger partial charge in [-0.1, -0.05) is 18.2 Å². The fourth-order valence-electron chi connectivity index (χ4n) is 2.19. The average molecular weight is 453 g/mol. The van der Waals surface area contributed by atoms with Crippen LogP contribution in [0.1, 0.15) is 26.0 Å². The molecule has 1 unspecified atom stereocenters. The molecule has 0 amide bonds. The van der Waals surface area contributed by atoms with Gasteiger partial charge in [0.1, 0.15) is 11.9 Å². The van der Waals surface area contributed by atoms with E-state index < -0.39 is 56.7 Å². The van der Waals surface area contributed by atoms with Crippen molar-refractivity contribution in [2.75, 3.05) is 5.73 Å². The van der Waals surface area contributed by atoms with Crippen LogP contribution >= 0.6 is 35.0 Å². The lowest BCUT2D eigenvalue weighted by atomic mass is 9.97. The molecular weight excluding hydrogens is 441 g/mol. The molecular formula is C14H12Cl2F6N4S. The van der Waals surface area contributed by atoms with Gasteiger partial charge in [0.05, 0.1) is 15.5 Å². The number of aromatic nitrogens is 2. The second-order valence-electron chi connectivity index (χ2n) is 5.49. The first-order valence-electron chi connectivity index (χ1n) is 6.86. The highest BCUT2D eigenvalue weighted by atomic mass is 35.5. The normalized spacial score (nSPS) is 15.7. The first-order valence-corrected chi connectivity index (χ1v) is 8.44. The molecule has 13 heteroatoms. The minimum Gasteiger partial charge on any atom is -0.383 e. The van der Waals surface area contributed by atoms with Crippen molar-refractivity contribution in [2.24, 2.45) is 0 Å². The number of nitriles is 1. The molecule has 0 aromatic carbocycles. The van der Waals surface area contributed by atoms with Gasteiger partial charge in [0.25, 0.3) is 0 Å². The van der Waals surface area contributed by atoms with Gasteiger partial charge >= 0.3 is 11.7 Å². The number of hydrogen-bond acceptors (Lipinski definition) is 4. The molecule has 0 spiro atoms. The van der Waals surface area contributed by atoms with Gasteiger partial charge in [-0.05, 0) is 25.6 Å². The fraction of sp³-hybridized carbons (Fsp3) is 0.429. The Bertz CT molecular complexity index is 813. The third-order valence-electron chi connectivity index (χ3n) is 3.18. The number of thioether (sulfide) groups is 1. The van der Waals surface area contributed by atoms with Gasteiger partial charge in [-0.15, -0.1) is 11.6 Å². The molecule has 0 saturated heterocycles. The highest BCUT2D eigenvalue weighted by molar-refractivity contribution is 8.00. The van der Waals surface area contributed by atoms with Crippen LogP contribution in [0.25, 0.3) is 5.70 Å². The van der Waals surface area contributed by atoms with E-state index in [0.29, 0.717) is 4.68 Å². The third-order valence-corrected chi connectivity index (χ3v) is 4.51. The summed E-state index contributed by atoms with van der Waals surface area (Å²) in [6, 6.07) is 1.45. The Morgan fingerprint density at radius 1 is 1.33 bits per heavy atom. The molecule has 0 saturated carbocycles. The molecule has 150 valence electrons. The molecule has 0 aliphatic heterocycles. The summed E-state index contributed by atoms with van der Waals surface area (Å²) in [6.07, 6.45) is -5.59. The number of allylic oxidation sites excluding steroid dienone is 3. The van der Waals surface area contributed by atoms with Crippen LogP contribution in [0.4, 0.5) is 32.2 Å². The van der Waals surface area contributed by atoms with Gasteiger partial charge in [-0.2, -0.15) is 36.7 Å². The minimum absolute atomic E-state index is 0.176. The zero-order chi connectivity index (χ0) is 21.4. The molecule has 0 fully saturated rings. The number of nitrogens with two attached hydrogens (primary N) is 1. The van der Waals surface area contributed by atoms with Crippen LogP contribution in [0.5, 0.6) is 0 Å². The molecule has 1 atom stereocenters. The van der Waals surface area contributed by atoms with Crippen molar-refractivity contribution in [2.45, 2.75) is 41.7 Å². The van der Waals surface area contributed by atoms with Crippen molar-refractivity contribution >= 4 is 46.5 Å². The predicted molar refractivity (Wildman–Crippen MR) is 92.1 cm³/mol. The van der Waals surface area contributed by atoms with Crippen molar-refractivity contribution in [3.05, 3.63) is 22.9 Å². The van der Waals surface area contributed by atoms with Crippen LogP contribution in [0, 0.1) is 11.3 Å². The Balaban J connectivity index is 3.53. The highest BCUT2D eigenvalue weighted by Gasteiger charge is 2.41. The SMILES string of the molecule is C=C(CC(C)(Cl)/C(=C(\C)Cl)n1nc(C#N)c(SC(F)(F)F)c1N)C(F)(F)F. The molecule has 0 bridgehead atoms. The summed E-state index contributed by atoms with van der Waals surface area (Å²) < 4.78 is 77.2. The van der Waals surface area contributed by atoms with E-state index in [9.17, 15) is 26.3 Å². The number of rotatable bonds is 5. The van der Waals surface area contributed by atoms with Crippen molar-refractivity contribution < 1.29 is 26.3 Å². The second kappa shape index (κ2) is 7.85. The third kappa shape index (κ3) is 5.73. The largest absolute Gasteiger partial charge is 0.446 e. The molecule has 0 radical (unpaired) electrons. The molecule has 0 aliphatic rings. The average Bonchev–Trinajstić information content (AvgIpc) is 2.72. The van der Waals surface area contributed by atoms with Gasteiger partial charge in [0.2, 0.25) is 0 Å². The monoisotopic (exact) mass is 452 g/mol. The van der Waals surface area contributed by atoms with Gasteiger partial charge in [-0.25, -0.2) is 4.68 Å². The summed E-state index contributed by atoms with van der Waals surface area (Å²) in [5.41, 5.74) is -1.27. The van der Waals surface area contributed by atoms with Crippen LogP contribution < -0.4 is 5.73 Å². The van der Waals surface area contributed by atoms with E-state index in [-0.39, 0.29) is 10.7 Å². The summed E-state index contributed by atoms with van der Waals surface area (Å²) in [4.78, 5) is -2.59. The number of hydrogen-bond donors (Lipinski definition) is 1. The molecule has 1 aromatic rings. The number of nitrogens with zero attached hydrogens (tertiary/aromatic N) is 3. The topological polar surface area (TPSA) is 67.6 Å². The van der Waals surface area contributed by atoms with E-state index in [1.165, 1.54) is 13.0 Å². The van der Waals surface area contributed by atoms with Gasteiger partial charge in [0.15, 0.2) is 5.69 Å². The number of anilines is 1. The Morgan fingerprint density at radius 2 is 1.85 bits per heavy atom. The lowest BCUT2D eigenvalue weighted by Gasteiger charge is -2.28. The summed E-state index contributed by atoms with van der Waals surface area (Å²) in [7, 11) is 0. The van der Waals surface area contributed by atoms with Crippen molar-refractivity contribution in [3.8, 4) is 6.07 Å². The van der Waals surface area contributed by atoms with Gasteiger partial charge in [0, 0.05) is 17.0 Å². The minimum atomic E-state index is -4.78. The summed E-state index contributed by atoms with van der Waals surface area (Å²) >= 11 is 11.5. The summed E-state index contributed by atoms with van der Waals surface area (Å²) in [5, 5.41) is 12.5. The van der Waals surface area contributed by atoms with E-state index >= 15 is 0 Å². The predicted octanol–water partition coefficient (Wildman–Crippen LogP) is 5.88. The van der Waals surface area contributed by atoms with E-state index in [4.69, 9.17) is 34.2 Å². The maximum Gasteiger partial charge on any atom is 0.446 e. The molecule has 2 N–H and O–H groups in total. The van der Waals surface area contributed by atoms with E-state index in [1.807, 2.05) is 0 Å². The van der Waals surface area contributed by atoms with E-state index in [1.54, 1.807) is 0 Å². The smallest absolute Gasteiger partial charge is 0.383 e. The van der Waals surface area contributed by atoms with Crippen LogP contribution in [0.15, 0.2) is 22.1 Å². The van der Waals surface area contributed by atoms with Gasteiger partial charge < -0.3 is 5.73 Å². The molecule has 1 rings (SSSR count). The number of nitrogen functional groups attached to an aromatic ring is 1. The molecule has 1 heterocycles. The second-order valence-corrected chi connectivity index (χ2v) is 7.97. The number of halogens is 8. The van der Waals surface area contributed by atoms with Gasteiger partial charge in [-0.3, -0.25) is 0 Å². The maximum absolute atomic E-state index is 12.8. The quantitative estimate of drug-likeness (QED) is 0.262. The molecule has 1 aromatic heterocycles. The number of alkyl halides is 7. The Morgan fingerprint density at radius 3 is 2.22 bits per heavy atom. The van der Waals surface area contributed by atoms with E-state index in [2.05, 4.69) is 11.7 Å². The zero-order valence-corrected chi connectivity index (χ0v) is 16.1. The van der Waals surface area contributed by atoms with Crippen molar-refractivity contribution in [3.63, 3.8) is 0 Å². The van der Waals surface area contributed by atoms with Crippen LogP contribution in [-0.4, -0.2) is 26.3 Å². The molecule has 0 aliphatic carbocycles. The first kappa shape index (κ1) is 23.5. The highest BCUT2D eigenvalue weighted by Crippen LogP contribution is 2.46. The van der Waals surface area contributed by atoms with Crippen LogP contribution in [-0.2, 0) is 0 Å².